The number of aromatic hydroxyl groups is 1. The molecule has 0 aliphatic carbocycles. The zero-order chi connectivity index (χ0) is 17.0. The van der Waals surface area contributed by atoms with Crippen LogP contribution in [0.3, 0.4) is 0 Å². The largest absolute Gasteiger partial charge is 0.508 e. The van der Waals surface area contributed by atoms with Crippen LogP contribution in [-0.2, 0) is 6.54 Å². The maximum atomic E-state index is 11.8. The van der Waals surface area contributed by atoms with Crippen LogP contribution >= 0.6 is 0 Å². The summed E-state index contributed by atoms with van der Waals surface area (Å²) in [6.45, 7) is 9.03. The number of rotatable bonds is 7. The van der Waals surface area contributed by atoms with Crippen LogP contribution in [0.25, 0.3) is 11.0 Å². The zero-order valence-corrected chi connectivity index (χ0v) is 14.5. The summed E-state index contributed by atoms with van der Waals surface area (Å²) in [4.78, 5) is 11.8. The zero-order valence-electron chi connectivity index (χ0n) is 14.5. The Balaban J connectivity index is 2.11. The van der Waals surface area contributed by atoms with Gasteiger partial charge in [0.2, 0.25) is 0 Å². The minimum absolute atomic E-state index is 0.146. The molecule has 0 aliphatic rings. The Morgan fingerprint density at radius 2 is 1.96 bits per heavy atom. The highest BCUT2D eigenvalue weighted by Crippen LogP contribution is 2.27. The molecule has 0 aliphatic heterocycles. The summed E-state index contributed by atoms with van der Waals surface area (Å²) < 4.78 is 5.27. The van der Waals surface area contributed by atoms with Gasteiger partial charge in [0.1, 0.15) is 11.3 Å². The topological polar surface area (TPSA) is 62.5 Å². The monoisotopic (exact) mass is 317 g/mol. The molecule has 1 aromatic heterocycles. The number of hydrogen-bond acceptors (Lipinski definition) is 4. The second-order valence-electron chi connectivity index (χ2n) is 6.78. The van der Waals surface area contributed by atoms with Gasteiger partial charge >= 0.3 is 5.63 Å². The van der Waals surface area contributed by atoms with Crippen molar-refractivity contribution in [2.75, 3.05) is 0 Å². The lowest BCUT2D eigenvalue weighted by atomic mass is 10.0. The molecule has 0 saturated heterocycles. The Morgan fingerprint density at radius 3 is 2.65 bits per heavy atom. The molecule has 2 N–H and O–H groups in total. The van der Waals surface area contributed by atoms with Crippen LogP contribution in [0.2, 0.25) is 0 Å². The first kappa shape index (κ1) is 17.5. The van der Waals surface area contributed by atoms with Crippen molar-refractivity contribution in [3.05, 3.63) is 39.7 Å². The van der Waals surface area contributed by atoms with Crippen molar-refractivity contribution in [2.45, 2.75) is 59.5 Å². The number of phenolic OH excluding ortho intramolecular Hbond substituents is 1. The predicted molar refractivity (Wildman–Crippen MR) is 93.9 cm³/mol. The van der Waals surface area contributed by atoms with Gasteiger partial charge in [0.05, 0.1) is 0 Å². The van der Waals surface area contributed by atoms with Gasteiger partial charge in [-0.25, -0.2) is 4.79 Å². The molecule has 1 atom stereocenters. The van der Waals surface area contributed by atoms with Gasteiger partial charge in [-0.05, 0) is 43.9 Å². The maximum Gasteiger partial charge on any atom is 0.336 e. The second kappa shape index (κ2) is 7.64. The number of hydrogen-bond donors (Lipinski definition) is 2. The minimum atomic E-state index is -0.379. The molecule has 4 nitrogen and oxygen atoms in total. The van der Waals surface area contributed by atoms with Crippen LogP contribution in [0, 0.1) is 12.8 Å². The summed E-state index contributed by atoms with van der Waals surface area (Å²) in [6, 6.07) is 5.38. The molecule has 0 radical (unpaired) electrons. The SMILES string of the molecule is Cc1c(O)ccc2c(CN[C@@H](C)CCCC(C)C)cc(=O)oc12. The summed E-state index contributed by atoms with van der Waals surface area (Å²) in [5.74, 6) is 0.883. The van der Waals surface area contributed by atoms with Crippen molar-refractivity contribution in [3.63, 3.8) is 0 Å². The molecule has 2 rings (SSSR count). The van der Waals surface area contributed by atoms with E-state index in [1.54, 1.807) is 19.1 Å². The van der Waals surface area contributed by atoms with Gasteiger partial charge in [0.25, 0.3) is 0 Å². The molecule has 0 amide bonds. The standard InChI is InChI=1S/C19H27NO3/c1-12(2)6-5-7-13(3)20-11-15-10-18(22)23-19-14(4)17(21)9-8-16(15)19/h8-10,12-13,20-21H,5-7,11H2,1-4H3/t13-/m0/s1. The highest BCUT2D eigenvalue weighted by Gasteiger charge is 2.11. The molecule has 2 aromatic rings. The van der Waals surface area contributed by atoms with E-state index < -0.39 is 0 Å². The summed E-state index contributed by atoms with van der Waals surface area (Å²) >= 11 is 0. The van der Waals surface area contributed by atoms with E-state index in [0.29, 0.717) is 23.7 Å². The van der Waals surface area contributed by atoms with E-state index in [2.05, 4.69) is 26.1 Å². The number of phenols is 1. The Bertz CT molecular complexity index is 718. The smallest absolute Gasteiger partial charge is 0.336 e. The molecule has 0 bridgehead atoms. The quantitative estimate of drug-likeness (QED) is 0.754. The van der Waals surface area contributed by atoms with E-state index in [0.717, 1.165) is 23.3 Å². The van der Waals surface area contributed by atoms with Gasteiger partial charge in [-0.15, -0.1) is 0 Å². The molecule has 1 aromatic carbocycles. The third-order valence-corrected chi connectivity index (χ3v) is 4.28. The van der Waals surface area contributed by atoms with E-state index in [9.17, 15) is 9.90 Å². The molecule has 0 fully saturated rings. The fourth-order valence-corrected chi connectivity index (χ4v) is 2.78. The number of nitrogens with one attached hydrogen (secondary N) is 1. The molecule has 0 spiro atoms. The third-order valence-electron chi connectivity index (χ3n) is 4.28. The van der Waals surface area contributed by atoms with Crippen LogP contribution in [0.1, 0.15) is 51.2 Å². The molecule has 4 heteroatoms. The van der Waals surface area contributed by atoms with Crippen LogP contribution in [0.5, 0.6) is 5.75 Å². The Labute approximate surface area is 137 Å². The lowest BCUT2D eigenvalue weighted by Crippen LogP contribution is -2.26. The van der Waals surface area contributed by atoms with Crippen LogP contribution in [0.4, 0.5) is 0 Å². The highest BCUT2D eigenvalue weighted by atomic mass is 16.4. The summed E-state index contributed by atoms with van der Waals surface area (Å²) in [5, 5.41) is 14.1. The van der Waals surface area contributed by atoms with Crippen molar-refractivity contribution >= 4 is 11.0 Å². The van der Waals surface area contributed by atoms with E-state index in [4.69, 9.17) is 4.42 Å². The first-order valence-electron chi connectivity index (χ1n) is 8.37. The molecular formula is C19H27NO3. The molecular weight excluding hydrogens is 290 g/mol. The van der Waals surface area contributed by atoms with E-state index in [1.165, 1.54) is 18.9 Å². The summed E-state index contributed by atoms with van der Waals surface area (Å²) in [5.41, 5.74) is 1.61. The van der Waals surface area contributed by atoms with E-state index >= 15 is 0 Å². The predicted octanol–water partition coefficient (Wildman–Crippen LogP) is 4.11. The first-order valence-corrected chi connectivity index (χ1v) is 8.37. The van der Waals surface area contributed by atoms with Crippen molar-refractivity contribution < 1.29 is 9.52 Å². The van der Waals surface area contributed by atoms with Crippen molar-refractivity contribution in [1.82, 2.24) is 5.32 Å². The number of aryl methyl sites for hydroxylation is 1. The molecule has 0 saturated carbocycles. The lowest BCUT2D eigenvalue weighted by molar-refractivity contribution is 0.456. The third kappa shape index (κ3) is 4.58. The second-order valence-corrected chi connectivity index (χ2v) is 6.78. The first-order chi connectivity index (χ1) is 10.9. The highest BCUT2D eigenvalue weighted by molar-refractivity contribution is 5.84. The average molecular weight is 317 g/mol. The van der Waals surface area contributed by atoms with Gasteiger partial charge in [-0.1, -0.05) is 26.7 Å². The Hall–Kier alpha value is -1.81. The van der Waals surface area contributed by atoms with Crippen LogP contribution < -0.4 is 10.9 Å². The molecule has 23 heavy (non-hydrogen) atoms. The molecule has 0 unspecified atom stereocenters. The van der Waals surface area contributed by atoms with Crippen molar-refractivity contribution in [2.24, 2.45) is 5.92 Å². The van der Waals surface area contributed by atoms with E-state index in [1.807, 2.05) is 0 Å². The Kier molecular flexibility index (Phi) is 5.83. The number of benzene rings is 1. The van der Waals surface area contributed by atoms with Crippen LogP contribution in [0.15, 0.2) is 27.4 Å². The molecule has 126 valence electrons. The van der Waals surface area contributed by atoms with E-state index in [-0.39, 0.29) is 11.4 Å². The Morgan fingerprint density at radius 1 is 1.22 bits per heavy atom. The lowest BCUT2D eigenvalue weighted by Gasteiger charge is -2.15. The summed E-state index contributed by atoms with van der Waals surface area (Å²) in [6.07, 6.45) is 3.57. The van der Waals surface area contributed by atoms with Gasteiger partial charge in [-0.2, -0.15) is 0 Å². The normalized spacial score (nSPS) is 12.9. The average Bonchev–Trinajstić information content (AvgIpc) is 2.48. The molecule has 1 heterocycles. The number of fused-ring (bicyclic) bond motifs is 1. The van der Waals surface area contributed by atoms with Gasteiger partial charge in [0, 0.05) is 29.6 Å². The fraction of sp³-hybridized carbons (Fsp3) is 0.526. The summed E-state index contributed by atoms with van der Waals surface area (Å²) in [7, 11) is 0. The minimum Gasteiger partial charge on any atom is -0.508 e. The van der Waals surface area contributed by atoms with Crippen LogP contribution in [-0.4, -0.2) is 11.1 Å². The van der Waals surface area contributed by atoms with Gasteiger partial charge < -0.3 is 14.8 Å². The van der Waals surface area contributed by atoms with Gasteiger partial charge in [0.15, 0.2) is 0 Å². The maximum absolute atomic E-state index is 11.8. The van der Waals surface area contributed by atoms with Gasteiger partial charge in [-0.3, -0.25) is 0 Å². The fourth-order valence-electron chi connectivity index (χ4n) is 2.78. The van der Waals surface area contributed by atoms with Crippen molar-refractivity contribution in [3.8, 4) is 5.75 Å². The van der Waals surface area contributed by atoms with Crippen molar-refractivity contribution in [1.29, 1.82) is 0 Å².